The number of carbonyl (C=O) groups excluding carboxylic acids is 2. The summed E-state index contributed by atoms with van der Waals surface area (Å²) in [6, 6.07) is 6.79. The molecule has 5 nitrogen and oxygen atoms in total. The second-order valence-electron chi connectivity index (χ2n) is 6.18. The van der Waals surface area contributed by atoms with Crippen molar-refractivity contribution in [2.45, 2.75) is 25.6 Å². The van der Waals surface area contributed by atoms with Gasteiger partial charge in [-0.1, -0.05) is 12.1 Å². The molecule has 0 aliphatic carbocycles. The van der Waals surface area contributed by atoms with Crippen LogP contribution in [0, 0.1) is 5.92 Å². The average molecular weight is 357 g/mol. The molecule has 0 spiro atoms. The standard InChI is InChI=1S/C17H22F3N3O2/c1-21-15(24)13-6-4-12(5-7-13)9-22-16(25)14-3-2-8-23(10-14)11-17(18,19)20/h4-7,14H,2-3,8-11H2,1H3,(H,21,24)(H,22,25). The fourth-order valence-corrected chi connectivity index (χ4v) is 2.92. The zero-order valence-electron chi connectivity index (χ0n) is 14.0. The first-order chi connectivity index (χ1) is 11.8. The molecule has 1 aliphatic heterocycles. The Bertz CT molecular complexity index is 602. The monoisotopic (exact) mass is 357 g/mol. The van der Waals surface area contributed by atoms with Gasteiger partial charge in [-0.25, -0.2) is 0 Å². The summed E-state index contributed by atoms with van der Waals surface area (Å²) < 4.78 is 37.4. The number of nitrogens with zero attached hydrogens (tertiary/aromatic N) is 1. The lowest BCUT2D eigenvalue weighted by atomic mass is 9.97. The maximum absolute atomic E-state index is 12.5. The van der Waals surface area contributed by atoms with Crippen molar-refractivity contribution in [1.82, 2.24) is 15.5 Å². The van der Waals surface area contributed by atoms with Crippen LogP contribution < -0.4 is 10.6 Å². The lowest BCUT2D eigenvalue weighted by Crippen LogP contribution is -2.45. The normalized spacial score (nSPS) is 18.6. The number of likely N-dealkylation sites (tertiary alicyclic amines) is 1. The van der Waals surface area contributed by atoms with Gasteiger partial charge in [0.2, 0.25) is 5.91 Å². The highest BCUT2D eigenvalue weighted by Gasteiger charge is 2.34. The Morgan fingerprint density at radius 3 is 2.52 bits per heavy atom. The quantitative estimate of drug-likeness (QED) is 0.847. The van der Waals surface area contributed by atoms with E-state index < -0.39 is 18.6 Å². The van der Waals surface area contributed by atoms with Crippen molar-refractivity contribution in [2.24, 2.45) is 5.92 Å². The Kier molecular flexibility index (Phi) is 6.41. The number of amides is 2. The molecule has 8 heteroatoms. The van der Waals surface area contributed by atoms with Crippen LogP contribution in [-0.2, 0) is 11.3 Å². The molecule has 138 valence electrons. The lowest BCUT2D eigenvalue weighted by Gasteiger charge is -2.32. The smallest absolute Gasteiger partial charge is 0.355 e. The summed E-state index contributed by atoms with van der Waals surface area (Å²) in [5.41, 5.74) is 1.34. The van der Waals surface area contributed by atoms with Crippen molar-refractivity contribution in [3.05, 3.63) is 35.4 Å². The first kappa shape index (κ1) is 19.2. The molecule has 1 fully saturated rings. The number of nitrogens with one attached hydrogen (secondary N) is 2. The van der Waals surface area contributed by atoms with E-state index in [2.05, 4.69) is 10.6 Å². The largest absolute Gasteiger partial charge is 0.401 e. The summed E-state index contributed by atoms with van der Waals surface area (Å²) in [6.07, 6.45) is -3.07. The fourth-order valence-electron chi connectivity index (χ4n) is 2.92. The van der Waals surface area contributed by atoms with Gasteiger partial charge in [-0.05, 0) is 37.1 Å². The maximum atomic E-state index is 12.5. The van der Waals surface area contributed by atoms with Crippen LogP contribution in [0.15, 0.2) is 24.3 Å². The van der Waals surface area contributed by atoms with Crippen molar-refractivity contribution in [3.8, 4) is 0 Å². The molecule has 0 saturated carbocycles. The zero-order valence-corrected chi connectivity index (χ0v) is 14.0. The Hall–Kier alpha value is -2.09. The first-order valence-electron chi connectivity index (χ1n) is 8.16. The number of benzene rings is 1. The summed E-state index contributed by atoms with van der Waals surface area (Å²) in [5, 5.41) is 5.29. The Balaban J connectivity index is 1.84. The van der Waals surface area contributed by atoms with E-state index >= 15 is 0 Å². The van der Waals surface area contributed by atoms with Gasteiger partial charge in [-0.2, -0.15) is 13.2 Å². The van der Waals surface area contributed by atoms with Gasteiger partial charge < -0.3 is 10.6 Å². The molecule has 1 atom stereocenters. The van der Waals surface area contributed by atoms with Crippen LogP contribution in [0.1, 0.15) is 28.8 Å². The number of rotatable bonds is 5. The number of hydrogen-bond donors (Lipinski definition) is 2. The predicted octanol–water partition coefficient (Wildman–Crippen LogP) is 1.94. The third-order valence-electron chi connectivity index (χ3n) is 4.19. The maximum Gasteiger partial charge on any atom is 0.401 e. The Morgan fingerprint density at radius 1 is 1.24 bits per heavy atom. The van der Waals surface area contributed by atoms with Crippen molar-refractivity contribution < 1.29 is 22.8 Å². The highest BCUT2D eigenvalue weighted by Crippen LogP contribution is 2.22. The topological polar surface area (TPSA) is 61.4 Å². The Morgan fingerprint density at radius 2 is 1.92 bits per heavy atom. The van der Waals surface area contributed by atoms with Crippen LogP contribution in [0.5, 0.6) is 0 Å². The second kappa shape index (κ2) is 8.33. The molecule has 1 saturated heterocycles. The molecule has 2 N–H and O–H groups in total. The van der Waals surface area contributed by atoms with E-state index in [-0.39, 0.29) is 24.9 Å². The molecular weight excluding hydrogens is 335 g/mol. The van der Waals surface area contributed by atoms with Crippen molar-refractivity contribution in [2.75, 3.05) is 26.7 Å². The minimum Gasteiger partial charge on any atom is -0.355 e. The minimum absolute atomic E-state index is 0.126. The van der Waals surface area contributed by atoms with Crippen LogP contribution in [0.3, 0.4) is 0 Å². The molecule has 0 bridgehead atoms. The van der Waals surface area contributed by atoms with Gasteiger partial charge in [0.25, 0.3) is 5.91 Å². The van der Waals surface area contributed by atoms with Crippen LogP contribution >= 0.6 is 0 Å². The third-order valence-corrected chi connectivity index (χ3v) is 4.19. The molecule has 0 aromatic heterocycles. The molecule has 1 heterocycles. The molecule has 1 aromatic carbocycles. The van der Waals surface area contributed by atoms with Crippen LogP contribution in [0.4, 0.5) is 13.2 Å². The van der Waals surface area contributed by atoms with E-state index in [1.807, 2.05) is 0 Å². The summed E-state index contributed by atoms with van der Waals surface area (Å²) in [5.74, 6) is -0.856. The van der Waals surface area contributed by atoms with E-state index in [9.17, 15) is 22.8 Å². The van der Waals surface area contributed by atoms with Crippen LogP contribution in [0.25, 0.3) is 0 Å². The summed E-state index contributed by atoms with van der Waals surface area (Å²) in [7, 11) is 1.54. The molecule has 0 radical (unpaired) electrons. The van der Waals surface area contributed by atoms with Crippen LogP contribution in [0.2, 0.25) is 0 Å². The van der Waals surface area contributed by atoms with Crippen molar-refractivity contribution in [1.29, 1.82) is 0 Å². The SMILES string of the molecule is CNC(=O)c1ccc(CNC(=O)C2CCCN(CC(F)(F)F)C2)cc1. The van der Waals surface area contributed by atoms with Gasteiger partial charge in [0, 0.05) is 25.7 Å². The Labute approximate surface area is 144 Å². The average Bonchev–Trinajstić information content (AvgIpc) is 2.58. The number of hydrogen-bond acceptors (Lipinski definition) is 3. The predicted molar refractivity (Wildman–Crippen MR) is 86.9 cm³/mol. The van der Waals surface area contributed by atoms with Gasteiger partial charge in [0.05, 0.1) is 12.5 Å². The third kappa shape index (κ3) is 6.04. The molecule has 1 unspecified atom stereocenters. The number of alkyl halides is 3. The van der Waals surface area contributed by atoms with Gasteiger partial charge in [-0.15, -0.1) is 0 Å². The fraction of sp³-hybridized carbons (Fsp3) is 0.529. The van der Waals surface area contributed by atoms with Gasteiger partial charge >= 0.3 is 6.18 Å². The minimum atomic E-state index is -4.25. The molecule has 1 aromatic rings. The number of carbonyl (C=O) groups is 2. The number of piperidine rings is 1. The second-order valence-corrected chi connectivity index (χ2v) is 6.18. The van der Waals surface area contributed by atoms with Gasteiger partial charge in [0.1, 0.15) is 0 Å². The molecule has 2 amide bonds. The van der Waals surface area contributed by atoms with Crippen LogP contribution in [-0.4, -0.2) is 49.6 Å². The van der Waals surface area contributed by atoms with Gasteiger partial charge in [-0.3, -0.25) is 14.5 Å². The number of halogens is 3. The van der Waals surface area contributed by atoms with Gasteiger partial charge in [0.15, 0.2) is 0 Å². The first-order valence-corrected chi connectivity index (χ1v) is 8.16. The molecular formula is C17H22F3N3O2. The summed E-state index contributed by atoms with van der Waals surface area (Å²) in [6.45, 7) is -0.203. The van der Waals surface area contributed by atoms with E-state index in [1.54, 1.807) is 31.3 Å². The zero-order chi connectivity index (χ0) is 18.4. The highest BCUT2D eigenvalue weighted by atomic mass is 19.4. The van der Waals surface area contributed by atoms with Crippen molar-refractivity contribution >= 4 is 11.8 Å². The molecule has 1 aliphatic rings. The van der Waals surface area contributed by atoms with E-state index in [0.29, 0.717) is 24.9 Å². The lowest BCUT2D eigenvalue weighted by molar-refractivity contribution is -0.152. The highest BCUT2D eigenvalue weighted by molar-refractivity contribution is 5.93. The molecule has 25 heavy (non-hydrogen) atoms. The van der Waals surface area contributed by atoms with Crippen molar-refractivity contribution in [3.63, 3.8) is 0 Å². The van der Waals surface area contributed by atoms with E-state index in [1.165, 1.54) is 4.90 Å². The van der Waals surface area contributed by atoms with E-state index in [0.717, 1.165) is 5.56 Å². The van der Waals surface area contributed by atoms with E-state index in [4.69, 9.17) is 0 Å². The summed E-state index contributed by atoms with van der Waals surface area (Å²) in [4.78, 5) is 25.0. The molecule has 2 rings (SSSR count). The summed E-state index contributed by atoms with van der Waals surface area (Å²) >= 11 is 0.